The highest BCUT2D eigenvalue weighted by atomic mass is 16.6. The third kappa shape index (κ3) is 3.90. The second kappa shape index (κ2) is 5.87. The van der Waals surface area contributed by atoms with Gasteiger partial charge in [-0.25, -0.2) is 4.79 Å². The third-order valence-electron chi connectivity index (χ3n) is 3.12. The molecule has 6 nitrogen and oxygen atoms in total. The van der Waals surface area contributed by atoms with Gasteiger partial charge in [0, 0.05) is 13.0 Å². The van der Waals surface area contributed by atoms with Gasteiger partial charge in [-0.3, -0.25) is 9.69 Å². The number of hydrogen-bond donors (Lipinski definition) is 2. The fraction of sp³-hybridized carbons (Fsp3) is 0.500. The molecular weight excluding hydrogens is 282 g/mol. The molecule has 1 aliphatic carbocycles. The minimum atomic E-state index is -0.595. The normalized spacial score (nSPS) is 14.4. The number of nitrogen functional groups attached to an aromatic ring is 1. The number of amides is 2. The van der Waals surface area contributed by atoms with E-state index in [2.05, 4.69) is 5.32 Å². The molecule has 0 spiro atoms. The Morgan fingerprint density at radius 3 is 2.45 bits per heavy atom. The predicted molar refractivity (Wildman–Crippen MR) is 86.9 cm³/mol. The zero-order chi connectivity index (χ0) is 16.5. The SMILES string of the molecule is CC(=O)Nc1cccc(N)c1N(C(=O)OC(C)(C)C)C1CC1. The number of hydrogen-bond acceptors (Lipinski definition) is 4. The van der Waals surface area contributed by atoms with E-state index in [0.29, 0.717) is 17.1 Å². The Balaban J connectivity index is 2.40. The van der Waals surface area contributed by atoms with Crippen LogP contribution in [0.4, 0.5) is 21.9 Å². The molecule has 1 aliphatic rings. The van der Waals surface area contributed by atoms with Crippen LogP contribution in [0, 0.1) is 0 Å². The summed E-state index contributed by atoms with van der Waals surface area (Å²) in [4.78, 5) is 25.5. The number of carbonyl (C=O) groups excluding carboxylic acids is 2. The summed E-state index contributed by atoms with van der Waals surface area (Å²) in [6.45, 7) is 6.87. The van der Waals surface area contributed by atoms with Gasteiger partial charge in [0.25, 0.3) is 0 Å². The van der Waals surface area contributed by atoms with Crippen LogP contribution in [0.3, 0.4) is 0 Å². The van der Waals surface area contributed by atoms with E-state index >= 15 is 0 Å². The zero-order valence-electron chi connectivity index (χ0n) is 13.5. The standard InChI is InChI=1S/C16H23N3O3/c1-10(20)18-13-7-5-6-12(17)14(13)19(11-8-9-11)15(21)22-16(2,3)4/h5-7,11H,8-9,17H2,1-4H3,(H,18,20). The van der Waals surface area contributed by atoms with E-state index in [1.807, 2.05) is 20.8 Å². The molecule has 0 aromatic heterocycles. The Labute approximate surface area is 130 Å². The Morgan fingerprint density at radius 2 is 1.95 bits per heavy atom. The molecule has 2 rings (SSSR count). The Kier molecular flexibility index (Phi) is 4.30. The molecular formula is C16H23N3O3. The van der Waals surface area contributed by atoms with Crippen molar-refractivity contribution in [2.45, 2.75) is 52.2 Å². The Bertz CT molecular complexity index is 589. The molecule has 1 fully saturated rings. The molecule has 0 radical (unpaired) electrons. The Hall–Kier alpha value is -2.24. The predicted octanol–water partition coefficient (Wildman–Crippen LogP) is 3.13. The monoisotopic (exact) mass is 305 g/mol. The number of nitrogens with one attached hydrogen (secondary N) is 1. The number of nitrogens with zero attached hydrogens (tertiary/aromatic N) is 1. The number of para-hydroxylation sites is 1. The molecule has 0 atom stereocenters. The minimum Gasteiger partial charge on any atom is -0.443 e. The summed E-state index contributed by atoms with van der Waals surface area (Å²) in [7, 11) is 0. The highest BCUT2D eigenvalue weighted by Gasteiger charge is 2.38. The molecule has 0 heterocycles. The van der Waals surface area contributed by atoms with E-state index in [4.69, 9.17) is 10.5 Å². The maximum absolute atomic E-state index is 12.6. The van der Waals surface area contributed by atoms with Gasteiger partial charge in [-0.2, -0.15) is 0 Å². The van der Waals surface area contributed by atoms with Gasteiger partial charge in [-0.1, -0.05) is 6.07 Å². The molecule has 120 valence electrons. The van der Waals surface area contributed by atoms with Crippen molar-refractivity contribution in [3.8, 4) is 0 Å². The lowest BCUT2D eigenvalue weighted by atomic mass is 10.2. The van der Waals surface area contributed by atoms with E-state index in [-0.39, 0.29) is 11.9 Å². The lowest BCUT2D eigenvalue weighted by Crippen LogP contribution is -2.39. The van der Waals surface area contributed by atoms with Crippen LogP contribution in [0.2, 0.25) is 0 Å². The van der Waals surface area contributed by atoms with Gasteiger partial charge in [0.05, 0.1) is 17.1 Å². The van der Waals surface area contributed by atoms with Crippen molar-refractivity contribution >= 4 is 29.1 Å². The second-order valence-corrected chi connectivity index (χ2v) is 6.51. The molecule has 0 aliphatic heterocycles. The molecule has 3 N–H and O–H groups in total. The summed E-state index contributed by atoms with van der Waals surface area (Å²) in [6, 6.07) is 5.24. The highest BCUT2D eigenvalue weighted by molar-refractivity contribution is 6.02. The van der Waals surface area contributed by atoms with E-state index in [1.54, 1.807) is 23.1 Å². The first kappa shape index (κ1) is 16.1. The summed E-state index contributed by atoms with van der Waals surface area (Å²) >= 11 is 0. The van der Waals surface area contributed by atoms with Gasteiger partial charge >= 0.3 is 6.09 Å². The zero-order valence-corrected chi connectivity index (χ0v) is 13.5. The van der Waals surface area contributed by atoms with Gasteiger partial charge in [-0.15, -0.1) is 0 Å². The summed E-state index contributed by atoms with van der Waals surface area (Å²) < 4.78 is 5.49. The third-order valence-corrected chi connectivity index (χ3v) is 3.12. The van der Waals surface area contributed by atoms with Crippen LogP contribution in [0.1, 0.15) is 40.5 Å². The fourth-order valence-corrected chi connectivity index (χ4v) is 2.19. The summed E-state index contributed by atoms with van der Waals surface area (Å²) in [6.07, 6.45) is 1.35. The van der Waals surface area contributed by atoms with Crippen molar-refractivity contribution in [3.63, 3.8) is 0 Å². The minimum absolute atomic E-state index is 0.0621. The van der Waals surface area contributed by atoms with Crippen molar-refractivity contribution in [1.29, 1.82) is 0 Å². The first-order valence-electron chi connectivity index (χ1n) is 7.37. The molecule has 2 amide bonds. The summed E-state index contributed by atoms with van der Waals surface area (Å²) in [5, 5.41) is 2.73. The molecule has 1 aromatic rings. The number of anilines is 3. The molecule has 22 heavy (non-hydrogen) atoms. The lowest BCUT2D eigenvalue weighted by Gasteiger charge is -2.29. The van der Waals surface area contributed by atoms with Crippen molar-refractivity contribution in [1.82, 2.24) is 0 Å². The van der Waals surface area contributed by atoms with Gasteiger partial charge in [-0.05, 0) is 45.7 Å². The number of nitrogens with two attached hydrogens (primary N) is 1. The van der Waals surface area contributed by atoms with E-state index < -0.39 is 11.7 Å². The van der Waals surface area contributed by atoms with Gasteiger partial charge in [0.2, 0.25) is 5.91 Å². The van der Waals surface area contributed by atoms with Gasteiger partial charge in [0.1, 0.15) is 5.60 Å². The van der Waals surface area contributed by atoms with Crippen LogP contribution in [-0.2, 0) is 9.53 Å². The average molecular weight is 305 g/mol. The number of rotatable bonds is 3. The summed E-state index contributed by atoms with van der Waals surface area (Å²) in [5.74, 6) is -0.216. The lowest BCUT2D eigenvalue weighted by molar-refractivity contribution is -0.114. The quantitative estimate of drug-likeness (QED) is 0.840. The second-order valence-electron chi connectivity index (χ2n) is 6.51. The number of carbonyl (C=O) groups is 2. The molecule has 1 saturated carbocycles. The first-order valence-corrected chi connectivity index (χ1v) is 7.37. The van der Waals surface area contributed by atoms with Gasteiger partial charge in [0.15, 0.2) is 0 Å². The maximum Gasteiger partial charge on any atom is 0.415 e. The van der Waals surface area contributed by atoms with Crippen LogP contribution in [0.25, 0.3) is 0 Å². The maximum atomic E-state index is 12.6. The molecule has 0 saturated heterocycles. The van der Waals surface area contributed by atoms with E-state index in [1.165, 1.54) is 6.92 Å². The van der Waals surface area contributed by atoms with Crippen LogP contribution in [-0.4, -0.2) is 23.6 Å². The largest absolute Gasteiger partial charge is 0.443 e. The van der Waals surface area contributed by atoms with Crippen molar-refractivity contribution in [2.24, 2.45) is 0 Å². The Morgan fingerprint density at radius 1 is 1.32 bits per heavy atom. The highest BCUT2D eigenvalue weighted by Crippen LogP contribution is 2.40. The van der Waals surface area contributed by atoms with Crippen LogP contribution < -0.4 is 16.0 Å². The van der Waals surface area contributed by atoms with E-state index in [0.717, 1.165) is 12.8 Å². The van der Waals surface area contributed by atoms with Crippen molar-refractivity contribution in [2.75, 3.05) is 16.0 Å². The molecule has 6 heteroatoms. The van der Waals surface area contributed by atoms with Crippen molar-refractivity contribution in [3.05, 3.63) is 18.2 Å². The van der Waals surface area contributed by atoms with Crippen LogP contribution in [0.15, 0.2) is 18.2 Å². The fourth-order valence-electron chi connectivity index (χ4n) is 2.19. The molecule has 0 unspecified atom stereocenters. The number of ether oxygens (including phenoxy) is 1. The van der Waals surface area contributed by atoms with Gasteiger partial charge < -0.3 is 15.8 Å². The molecule has 0 bridgehead atoms. The topological polar surface area (TPSA) is 84.7 Å². The van der Waals surface area contributed by atoms with Crippen molar-refractivity contribution < 1.29 is 14.3 Å². The van der Waals surface area contributed by atoms with Crippen LogP contribution in [0.5, 0.6) is 0 Å². The number of benzene rings is 1. The average Bonchev–Trinajstić information content (AvgIpc) is 3.14. The van der Waals surface area contributed by atoms with E-state index in [9.17, 15) is 9.59 Å². The van der Waals surface area contributed by atoms with Crippen LogP contribution >= 0.6 is 0 Å². The molecule has 1 aromatic carbocycles. The summed E-state index contributed by atoms with van der Waals surface area (Å²) in [5.41, 5.74) is 6.93. The first-order chi connectivity index (χ1) is 10.2. The smallest absolute Gasteiger partial charge is 0.415 e.